The average Bonchev–Trinajstić information content (AvgIpc) is 1.94. The predicted molar refractivity (Wildman–Crippen MR) is 47.8 cm³/mol. The zero-order valence-corrected chi connectivity index (χ0v) is 7.48. The second-order valence-electron chi connectivity index (χ2n) is 2.12. The highest BCUT2D eigenvalue weighted by molar-refractivity contribution is 5.75. The Kier molecular flexibility index (Phi) is 4.69. The Balaban J connectivity index is 0.000001000. The molecule has 0 atom stereocenters. The Bertz CT molecular complexity index is 233. The minimum atomic E-state index is 0. The summed E-state index contributed by atoms with van der Waals surface area (Å²) in [7, 11) is 0. The number of para-hydroxylation sites is 1. The van der Waals surface area contributed by atoms with Crippen LogP contribution in [0, 0.1) is 0 Å². The molecule has 2 heteroatoms. The smallest absolute Gasteiger partial charge is 0.119 e. The van der Waals surface area contributed by atoms with Gasteiger partial charge in [0.15, 0.2) is 0 Å². The molecule has 0 aromatic heterocycles. The van der Waals surface area contributed by atoms with Crippen molar-refractivity contribution in [2.75, 3.05) is 0 Å². The molecule has 0 saturated heterocycles. The van der Waals surface area contributed by atoms with Crippen LogP contribution in [0.15, 0.2) is 36.9 Å². The van der Waals surface area contributed by atoms with Gasteiger partial charge in [-0.1, -0.05) is 24.3 Å². The molecule has 0 spiro atoms. The summed E-state index contributed by atoms with van der Waals surface area (Å²) < 4.78 is 0. The third kappa shape index (κ3) is 2.80. The molecule has 1 nitrogen and oxygen atoms in total. The van der Waals surface area contributed by atoms with Gasteiger partial charge in [-0.15, -0.1) is 6.58 Å². The molecule has 0 saturated carbocycles. The number of benzene rings is 1. The molecule has 0 aliphatic carbocycles. The van der Waals surface area contributed by atoms with Gasteiger partial charge in [0.2, 0.25) is 0 Å². The Morgan fingerprint density at radius 2 is 2.00 bits per heavy atom. The monoisotopic (exact) mass is 161 g/mol. The van der Waals surface area contributed by atoms with Crippen LogP contribution in [0.4, 0.5) is 0 Å². The number of phenols is 1. The van der Waals surface area contributed by atoms with E-state index in [2.05, 4.69) is 6.58 Å². The second-order valence-corrected chi connectivity index (χ2v) is 2.12. The average molecular weight is 161 g/mol. The van der Waals surface area contributed by atoms with E-state index in [-0.39, 0.29) is 17.4 Å². The lowest BCUT2D eigenvalue weighted by molar-refractivity contribution is 0.470. The highest BCUT2D eigenvalue weighted by Gasteiger charge is 1.93. The summed E-state index contributed by atoms with van der Waals surface area (Å²) in [6.45, 7) is 3.59. The van der Waals surface area contributed by atoms with E-state index >= 15 is 0 Å². The Hall–Kier alpha value is -0.708. The minimum absolute atomic E-state index is 0. The normalized spacial score (nSPS) is 8.36. The third-order valence-corrected chi connectivity index (χ3v) is 1.36. The maximum absolute atomic E-state index is 9.19. The first kappa shape index (κ1) is 10.3. The van der Waals surface area contributed by atoms with Gasteiger partial charge in [0.1, 0.15) is 5.75 Å². The highest BCUT2D eigenvalue weighted by Crippen LogP contribution is 2.15. The van der Waals surface area contributed by atoms with E-state index in [4.69, 9.17) is 0 Å². The molecular formula is C9H10AlO. The molecule has 0 bridgehead atoms. The first-order chi connectivity index (χ1) is 4.84. The molecule has 0 aliphatic rings. The third-order valence-electron chi connectivity index (χ3n) is 1.36. The molecule has 0 fully saturated rings. The fourth-order valence-electron chi connectivity index (χ4n) is 0.839. The summed E-state index contributed by atoms with van der Waals surface area (Å²) in [6.07, 6.45) is 2.50. The lowest BCUT2D eigenvalue weighted by Gasteiger charge is -1.97. The van der Waals surface area contributed by atoms with Crippen molar-refractivity contribution in [3.8, 4) is 5.75 Å². The standard InChI is InChI=1S/C9H10O.Al/c1-2-5-8-6-3-4-7-9(8)10;/h2-4,6-7,10H,1,5H2;. The number of allylic oxidation sites excluding steroid dienone is 1. The summed E-state index contributed by atoms with van der Waals surface area (Å²) >= 11 is 0. The first-order valence-corrected chi connectivity index (χ1v) is 3.22. The van der Waals surface area contributed by atoms with E-state index in [0.717, 1.165) is 12.0 Å². The Labute approximate surface area is 77.5 Å². The summed E-state index contributed by atoms with van der Waals surface area (Å²) in [5.74, 6) is 0.349. The van der Waals surface area contributed by atoms with Gasteiger partial charge in [0.05, 0.1) is 0 Å². The zero-order valence-electron chi connectivity index (χ0n) is 6.33. The molecule has 1 rings (SSSR count). The summed E-state index contributed by atoms with van der Waals surface area (Å²) in [6, 6.07) is 7.27. The second kappa shape index (κ2) is 5.01. The first-order valence-electron chi connectivity index (χ1n) is 3.22. The quantitative estimate of drug-likeness (QED) is 0.517. The van der Waals surface area contributed by atoms with Crippen LogP contribution in [-0.2, 0) is 6.42 Å². The molecule has 1 N–H and O–H groups in total. The van der Waals surface area contributed by atoms with Gasteiger partial charge in [-0.2, -0.15) is 0 Å². The van der Waals surface area contributed by atoms with E-state index in [1.54, 1.807) is 12.1 Å². The van der Waals surface area contributed by atoms with Crippen LogP contribution in [0.1, 0.15) is 5.56 Å². The van der Waals surface area contributed by atoms with Gasteiger partial charge in [-0.25, -0.2) is 0 Å². The predicted octanol–water partition coefficient (Wildman–Crippen LogP) is 1.74. The SMILES string of the molecule is C=CCc1ccccc1O.[Al]. The van der Waals surface area contributed by atoms with E-state index in [1.807, 2.05) is 18.2 Å². The maximum Gasteiger partial charge on any atom is 0.119 e. The van der Waals surface area contributed by atoms with Gasteiger partial charge in [0, 0.05) is 17.4 Å². The van der Waals surface area contributed by atoms with Crippen LogP contribution in [0.3, 0.4) is 0 Å². The van der Waals surface area contributed by atoms with Crippen molar-refractivity contribution in [3.63, 3.8) is 0 Å². The van der Waals surface area contributed by atoms with E-state index in [9.17, 15) is 5.11 Å². The lowest BCUT2D eigenvalue weighted by atomic mass is 10.1. The van der Waals surface area contributed by atoms with Gasteiger partial charge in [-0.3, -0.25) is 0 Å². The van der Waals surface area contributed by atoms with Crippen LogP contribution in [0.25, 0.3) is 0 Å². The molecule has 55 valence electrons. The van der Waals surface area contributed by atoms with Crippen LogP contribution in [0.2, 0.25) is 0 Å². The van der Waals surface area contributed by atoms with E-state index < -0.39 is 0 Å². The van der Waals surface area contributed by atoms with Crippen molar-refractivity contribution in [3.05, 3.63) is 42.5 Å². The van der Waals surface area contributed by atoms with Gasteiger partial charge in [-0.05, 0) is 18.1 Å². The van der Waals surface area contributed by atoms with Crippen molar-refractivity contribution in [2.45, 2.75) is 6.42 Å². The molecule has 0 heterocycles. The largest absolute Gasteiger partial charge is 0.508 e. The van der Waals surface area contributed by atoms with E-state index in [1.165, 1.54) is 0 Å². The van der Waals surface area contributed by atoms with Crippen molar-refractivity contribution < 1.29 is 5.11 Å². The van der Waals surface area contributed by atoms with Crippen molar-refractivity contribution in [1.29, 1.82) is 0 Å². The lowest BCUT2D eigenvalue weighted by Crippen LogP contribution is -1.79. The van der Waals surface area contributed by atoms with E-state index in [0.29, 0.717) is 5.75 Å². The van der Waals surface area contributed by atoms with Crippen LogP contribution in [-0.4, -0.2) is 22.5 Å². The molecule has 0 amide bonds. The van der Waals surface area contributed by atoms with Gasteiger partial charge >= 0.3 is 0 Å². The zero-order chi connectivity index (χ0) is 7.40. The number of hydrogen-bond donors (Lipinski definition) is 1. The topological polar surface area (TPSA) is 20.2 Å². The Morgan fingerprint density at radius 1 is 1.36 bits per heavy atom. The maximum atomic E-state index is 9.19. The number of aromatic hydroxyl groups is 1. The summed E-state index contributed by atoms with van der Waals surface area (Å²) in [4.78, 5) is 0. The van der Waals surface area contributed by atoms with Crippen LogP contribution in [0.5, 0.6) is 5.75 Å². The molecule has 0 aliphatic heterocycles. The minimum Gasteiger partial charge on any atom is -0.508 e. The summed E-state index contributed by atoms with van der Waals surface area (Å²) in [5.41, 5.74) is 0.928. The van der Waals surface area contributed by atoms with Crippen LogP contribution >= 0.6 is 0 Å². The molecule has 0 unspecified atom stereocenters. The highest BCUT2D eigenvalue weighted by atomic mass is 27.0. The number of rotatable bonds is 2. The fourth-order valence-corrected chi connectivity index (χ4v) is 0.839. The molecule has 1 aromatic carbocycles. The van der Waals surface area contributed by atoms with Crippen molar-refractivity contribution >= 4 is 17.4 Å². The van der Waals surface area contributed by atoms with Crippen LogP contribution < -0.4 is 0 Å². The van der Waals surface area contributed by atoms with Crippen molar-refractivity contribution in [1.82, 2.24) is 0 Å². The number of hydrogen-bond acceptors (Lipinski definition) is 1. The number of phenolic OH excluding ortho intramolecular Hbond substituents is 1. The Morgan fingerprint density at radius 3 is 2.55 bits per heavy atom. The molecule has 11 heavy (non-hydrogen) atoms. The van der Waals surface area contributed by atoms with Gasteiger partial charge < -0.3 is 5.11 Å². The summed E-state index contributed by atoms with van der Waals surface area (Å²) in [5, 5.41) is 9.19. The molecule has 1 aromatic rings. The molecule has 3 radical (unpaired) electrons. The fraction of sp³-hybridized carbons (Fsp3) is 0.111. The van der Waals surface area contributed by atoms with Gasteiger partial charge in [0.25, 0.3) is 0 Å². The molecular weight excluding hydrogens is 151 g/mol. The van der Waals surface area contributed by atoms with Crippen molar-refractivity contribution in [2.24, 2.45) is 0 Å².